The maximum atomic E-state index is 9.70. The number of aryl methyl sites for hydroxylation is 1. The van der Waals surface area contributed by atoms with Crippen LogP contribution < -0.4 is 0 Å². The van der Waals surface area contributed by atoms with Crippen LogP contribution in [-0.2, 0) is 0 Å². The van der Waals surface area contributed by atoms with Crippen LogP contribution in [0.25, 0.3) is 20.2 Å². The first kappa shape index (κ1) is 10.4. The Morgan fingerprint density at radius 1 is 1.12 bits per heavy atom. The molecule has 1 nitrogen and oxygen atoms in total. The van der Waals surface area contributed by atoms with Crippen LogP contribution in [-0.4, -0.2) is 5.11 Å². The number of benzene rings is 2. The number of thiophene rings is 1. The quantitative estimate of drug-likeness (QED) is 0.590. The molecular formula is C13H9IOS. The van der Waals surface area contributed by atoms with Crippen molar-refractivity contribution in [3.63, 3.8) is 0 Å². The Kier molecular flexibility index (Phi) is 2.33. The summed E-state index contributed by atoms with van der Waals surface area (Å²) in [7, 11) is 0. The second-order valence-corrected chi connectivity index (χ2v) is 6.13. The number of rotatable bonds is 0. The highest BCUT2D eigenvalue weighted by atomic mass is 127. The molecular weight excluding hydrogens is 331 g/mol. The average Bonchev–Trinajstić information content (AvgIpc) is 2.62. The lowest BCUT2D eigenvalue weighted by Crippen LogP contribution is -1.74. The van der Waals surface area contributed by atoms with Gasteiger partial charge in [-0.25, -0.2) is 0 Å². The maximum absolute atomic E-state index is 9.70. The number of hydrogen-bond acceptors (Lipinski definition) is 2. The van der Waals surface area contributed by atoms with E-state index in [2.05, 4.69) is 40.8 Å². The second kappa shape index (κ2) is 3.60. The van der Waals surface area contributed by atoms with Gasteiger partial charge in [0.1, 0.15) is 5.75 Å². The van der Waals surface area contributed by atoms with E-state index < -0.39 is 0 Å². The van der Waals surface area contributed by atoms with Crippen molar-refractivity contribution in [1.82, 2.24) is 0 Å². The molecule has 0 aliphatic carbocycles. The molecule has 0 bridgehead atoms. The molecule has 0 radical (unpaired) electrons. The van der Waals surface area contributed by atoms with Crippen LogP contribution in [0.3, 0.4) is 0 Å². The van der Waals surface area contributed by atoms with E-state index in [-0.39, 0.29) is 0 Å². The van der Waals surface area contributed by atoms with Gasteiger partial charge in [-0.2, -0.15) is 0 Å². The molecule has 0 aliphatic heterocycles. The second-order valence-electron chi connectivity index (χ2n) is 3.83. The van der Waals surface area contributed by atoms with E-state index in [1.165, 1.54) is 23.7 Å². The first-order chi connectivity index (χ1) is 7.66. The van der Waals surface area contributed by atoms with Crippen molar-refractivity contribution in [3.8, 4) is 5.75 Å². The zero-order valence-corrected chi connectivity index (χ0v) is 11.6. The lowest BCUT2D eigenvalue weighted by atomic mass is 10.1. The molecule has 0 spiro atoms. The molecule has 0 amide bonds. The molecule has 3 heteroatoms. The van der Waals surface area contributed by atoms with Crippen LogP contribution in [0.1, 0.15) is 5.56 Å². The summed E-state index contributed by atoms with van der Waals surface area (Å²) < 4.78 is 3.73. The molecule has 2 aromatic carbocycles. The number of fused-ring (bicyclic) bond motifs is 3. The average molecular weight is 340 g/mol. The summed E-state index contributed by atoms with van der Waals surface area (Å²) in [5.74, 6) is 0.383. The highest BCUT2D eigenvalue weighted by Crippen LogP contribution is 2.38. The predicted octanol–water partition coefficient (Wildman–Crippen LogP) is 4.67. The standard InChI is InChI=1S/C13H9IOS/c1-7-11(15)5-4-10-9-3-2-8(14)6-12(9)16-13(7)10/h2-6,15H,1H3. The summed E-state index contributed by atoms with van der Waals surface area (Å²) in [6.07, 6.45) is 0. The van der Waals surface area contributed by atoms with Gasteiger partial charge in [-0.3, -0.25) is 0 Å². The number of hydrogen-bond donors (Lipinski definition) is 1. The zero-order chi connectivity index (χ0) is 11.3. The van der Waals surface area contributed by atoms with Crippen LogP contribution >= 0.6 is 33.9 Å². The highest BCUT2D eigenvalue weighted by molar-refractivity contribution is 14.1. The Bertz CT molecular complexity index is 700. The molecule has 80 valence electrons. The van der Waals surface area contributed by atoms with E-state index in [1.54, 1.807) is 17.4 Å². The lowest BCUT2D eigenvalue weighted by molar-refractivity contribution is 0.472. The van der Waals surface area contributed by atoms with Gasteiger partial charge in [0, 0.05) is 29.3 Å². The third-order valence-corrected chi connectivity index (χ3v) is 4.78. The minimum Gasteiger partial charge on any atom is -0.508 e. The van der Waals surface area contributed by atoms with E-state index in [1.807, 2.05) is 13.0 Å². The summed E-state index contributed by atoms with van der Waals surface area (Å²) in [5.41, 5.74) is 0.980. The Morgan fingerprint density at radius 3 is 2.69 bits per heavy atom. The van der Waals surface area contributed by atoms with Gasteiger partial charge in [-0.15, -0.1) is 11.3 Å². The molecule has 0 fully saturated rings. The van der Waals surface area contributed by atoms with E-state index in [9.17, 15) is 5.11 Å². The maximum Gasteiger partial charge on any atom is 0.119 e. The molecule has 1 heterocycles. The lowest BCUT2D eigenvalue weighted by Gasteiger charge is -1.98. The minimum absolute atomic E-state index is 0.383. The van der Waals surface area contributed by atoms with Crippen LogP contribution in [0.2, 0.25) is 0 Å². The number of phenols is 1. The first-order valence-corrected chi connectivity index (χ1v) is 6.86. The summed E-state index contributed by atoms with van der Waals surface area (Å²) in [4.78, 5) is 0. The van der Waals surface area contributed by atoms with Crippen molar-refractivity contribution in [2.75, 3.05) is 0 Å². The van der Waals surface area contributed by atoms with Crippen molar-refractivity contribution in [2.24, 2.45) is 0 Å². The van der Waals surface area contributed by atoms with E-state index >= 15 is 0 Å². The molecule has 3 aromatic rings. The highest BCUT2D eigenvalue weighted by Gasteiger charge is 2.09. The van der Waals surface area contributed by atoms with Crippen molar-refractivity contribution in [1.29, 1.82) is 0 Å². The van der Waals surface area contributed by atoms with Crippen LogP contribution in [0.4, 0.5) is 0 Å². The third kappa shape index (κ3) is 1.42. The van der Waals surface area contributed by atoms with Gasteiger partial charge < -0.3 is 5.11 Å². The fraction of sp³-hybridized carbons (Fsp3) is 0.0769. The molecule has 0 aliphatic rings. The van der Waals surface area contributed by atoms with E-state index in [4.69, 9.17) is 0 Å². The van der Waals surface area contributed by atoms with Gasteiger partial charge in [0.05, 0.1) is 0 Å². The van der Waals surface area contributed by atoms with Crippen LogP contribution in [0.5, 0.6) is 5.75 Å². The Balaban J connectivity index is 2.55. The molecule has 0 saturated heterocycles. The van der Waals surface area contributed by atoms with Gasteiger partial charge in [0.15, 0.2) is 0 Å². The van der Waals surface area contributed by atoms with E-state index in [0.29, 0.717) is 5.75 Å². The van der Waals surface area contributed by atoms with Crippen LogP contribution in [0.15, 0.2) is 30.3 Å². The minimum atomic E-state index is 0.383. The topological polar surface area (TPSA) is 20.2 Å². The third-order valence-electron chi connectivity index (χ3n) is 2.82. The van der Waals surface area contributed by atoms with Gasteiger partial charge in [-0.1, -0.05) is 6.07 Å². The van der Waals surface area contributed by atoms with Crippen molar-refractivity contribution in [3.05, 3.63) is 39.5 Å². The Labute approximate surface area is 111 Å². The molecule has 0 atom stereocenters. The van der Waals surface area contributed by atoms with E-state index in [0.717, 1.165) is 5.56 Å². The van der Waals surface area contributed by atoms with Gasteiger partial charge in [0.25, 0.3) is 0 Å². The largest absolute Gasteiger partial charge is 0.508 e. The van der Waals surface area contributed by atoms with Crippen molar-refractivity contribution < 1.29 is 5.11 Å². The number of halogens is 1. The summed E-state index contributed by atoms with van der Waals surface area (Å²) >= 11 is 4.08. The summed E-state index contributed by atoms with van der Waals surface area (Å²) in [6.45, 7) is 1.97. The van der Waals surface area contributed by atoms with Crippen LogP contribution in [0, 0.1) is 10.5 Å². The molecule has 0 saturated carbocycles. The first-order valence-electron chi connectivity index (χ1n) is 4.97. The van der Waals surface area contributed by atoms with Gasteiger partial charge >= 0.3 is 0 Å². The fourth-order valence-electron chi connectivity index (χ4n) is 1.94. The summed E-state index contributed by atoms with van der Waals surface area (Å²) in [6, 6.07) is 10.3. The summed E-state index contributed by atoms with van der Waals surface area (Å²) in [5, 5.41) is 12.2. The number of aromatic hydroxyl groups is 1. The Morgan fingerprint density at radius 2 is 1.88 bits per heavy atom. The molecule has 1 N–H and O–H groups in total. The van der Waals surface area contributed by atoms with Crippen molar-refractivity contribution >= 4 is 54.1 Å². The normalized spacial score (nSPS) is 11.4. The SMILES string of the molecule is Cc1c(O)ccc2c1sc1cc(I)ccc12. The zero-order valence-electron chi connectivity index (χ0n) is 8.62. The molecule has 3 rings (SSSR count). The van der Waals surface area contributed by atoms with Crippen molar-refractivity contribution in [2.45, 2.75) is 6.92 Å². The molecule has 1 aromatic heterocycles. The smallest absolute Gasteiger partial charge is 0.119 e. The Hall–Kier alpha value is -0.810. The predicted molar refractivity (Wildman–Crippen MR) is 78.4 cm³/mol. The van der Waals surface area contributed by atoms with Gasteiger partial charge in [-0.05, 0) is 53.8 Å². The fourth-order valence-corrected chi connectivity index (χ4v) is 3.88. The monoisotopic (exact) mass is 340 g/mol. The number of phenolic OH excluding ortho intramolecular Hbond substituents is 1. The molecule has 16 heavy (non-hydrogen) atoms. The van der Waals surface area contributed by atoms with Gasteiger partial charge in [0.2, 0.25) is 0 Å². The molecule has 0 unspecified atom stereocenters.